The van der Waals surface area contributed by atoms with E-state index in [0.717, 1.165) is 0 Å². The summed E-state index contributed by atoms with van der Waals surface area (Å²) in [4.78, 5) is 11.3. The highest BCUT2D eigenvalue weighted by Gasteiger charge is 2.06. The van der Waals surface area contributed by atoms with Gasteiger partial charge >= 0.3 is 0 Å². The van der Waals surface area contributed by atoms with Crippen molar-refractivity contribution in [1.82, 2.24) is 0 Å². The van der Waals surface area contributed by atoms with E-state index in [0.29, 0.717) is 22.3 Å². The Bertz CT molecular complexity index is 305. The van der Waals surface area contributed by atoms with Gasteiger partial charge in [-0.3, -0.25) is 4.79 Å². The molecular weight excluding hydrogens is 255 g/mol. The molecule has 0 spiro atoms. The van der Waals surface area contributed by atoms with E-state index in [4.69, 9.17) is 16.7 Å². The molecule has 1 rings (SSSR count). The fraction of sp³-hybridized carbons (Fsp3) is 0.222. The second-order valence-electron chi connectivity index (χ2n) is 2.56. The van der Waals surface area contributed by atoms with Crippen LogP contribution in [0.4, 0.5) is 0 Å². The summed E-state index contributed by atoms with van der Waals surface area (Å²) >= 11 is 8.84. The van der Waals surface area contributed by atoms with E-state index in [1.54, 1.807) is 6.07 Å². The van der Waals surface area contributed by atoms with E-state index in [-0.39, 0.29) is 11.5 Å². The Morgan fingerprint density at radius 3 is 2.69 bits per heavy atom. The third kappa shape index (κ3) is 3.01. The van der Waals surface area contributed by atoms with Gasteiger partial charge in [-0.15, -0.1) is 0 Å². The van der Waals surface area contributed by atoms with Gasteiger partial charge in [-0.1, -0.05) is 27.5 Å². The normalized spacial score (nSPS) is 10.0. The predicted octanol–water partition coefficient (Wildman–Crippen LogP) is 3.01. The molecule has 1 aromatic rings. The van der Waals surface area contributed by atoms with Crippen LogP contribution in [0.2, 0.25) is 5.02 Å². The van der Waals surface area contributed by atoms with Crippen molar-refractivity contribution in [2.24, 2.45) is 0 Å². The van der Waals surface area contributed by atoms with Crippen molar-refractivity contribution in [3.05, 3.63) is 28.8 Å². The smallest absolute Gasteiger partial charge is 0.163 e. The number of benzene rings is 1. The van der Waals surface area contributed by atoms with Crippen LogP contribution < -0.4 is 0 Å². The highest BCUT2D eigenvalue weighted by atomic mass is 79.9. The first-order valence-electron chi connectivity index (χ1n) is 3.72. The number of carbonyl (C=O) groups is 1. The summed E-state index contributed by atoms with van der Waals surface area (Å²) in [6.45, 7) is 0. The van der Waals surface area contributed by atoms with Crippen molar-refractivity contribution in [1.29, 1.82) is 0 Å². The molecule has 0 heterocycles. The molecule has 1 aromatic carbocycles. The monoisotopic (exact) mass is 262 g/mol. The van der Waals surface area contributed by atoms with Crippen LogP contribution in [-0.2, 0) is 0 Å². The predicted molar refractivity (Wildman–Crippen MR) is 55.9 cm³/mol. The second-order valence-corrected chi connectivity index (χ2v) is 3.79. The Morgan fingerprint density at radius 2 is 2.15 bits per heavy atom. The van der Waals surface area contributed by atoms with Gasteiger partial charge in [-0.2, -0.15) is 0 Å². The Labute approximate surface area is 89.7 Å². The average molecular weight is 264 g/mol. The summed E-state index contributed by atoms with van der Waals surface area (Å²) in [5.74, 6) is -0.0138. The van der Waals surface area contributed by atoms with Crippen LogP contribution in [0.3, 0.4) is 0 Å². The van der Waals surface area contributed by atoms with Gasteiger partial charge in [0.25, 0.3) is 0 Å². The lowest BCUT2D eigenvalue weighted by molar-refractivity contribution is 0.0989. The van der Waals surface area contributed by atoms with Crippen molar-refractivity contribution in [2.75, 3.05) is 5.33 Å². The number of halogens is 2. The summed E-state index contributed by atoms with van der Waals surface area (Å²) in [5.41, 5.74) is 0.449. The van der Waals surface area contributed by atoms with Gasteiger partial charge in [0.2, 0.25) is 0 Å². The first-order valence-corrected chi connectivity index (χ1v) is 5.22. The van der Waals surface area contributed by atoms with E-state index in [9.17, 15) is 4.79 Å². The second kappa shape index (κ2) is 4.63. The summed E-state index contributed by atoms with van der Waals surface area (Å²) in [7, 11) is 0. The molecule has 0 aliphatic heterocycles. The molecule has 0 aliphatic carbocycles. The molecule has 0 aliphatic rings. The van der Waals surface area contributed by atoms with Crippen LogP contribution in [0, 0.1) is 0 Å². The molecule has 13 heavy (non-hydrogen) atoms. The quantitative estimate of drug-likeness (QED) is 0.672. The standard InChI is InChI=1S/C9H8BrClO2/c10-2-1-9(13)6-3-7(11)5-8(12)4-6/h3-5,12H,1-2H2. The SMILES string of the molecule is O=C(CCBr)c1cc(O)cc(Cl)c1. The topological polar surface area (TPSA) is 37.3 Å². The van der Waals surface area contributed by atoms with Crippen molar-refractivity contribution in [2.45, 2.75) is 6.42 Å². The number of Topliss-reactive ketones (excluding diaryl/α,β-unsaturated/α-hetero) is 1. The summed E-state index contributed by atoms with van der Waals surface area (Å²) in [5, 5.41) is 10.1. The van der Waals surface area contributed by atoms with Crippen LogP contribution in [0.1, 0.15) is 16.8 Å². The van der Waals surface area contributed by atoms with Crippen molar-refractivity contribution < 1.29 is 9.90 Å². The molecule has 0 radical (unpaired) electrons. The fourth-order valence-corrected chi connectivity index (χ4v) is 1.55. The highest BCUT2D eigenvalue weighted by Crippen LogP contribution is 2.20. The third-order valence-corrected chi connectivity index (χ3v) is 2.14. The minimum atomic E-state index is -0.0327. The van der Waals surface area contributed by atoms with Crippen LogP contribution in [0.15, 0.2) is 18.2 Å². The first kappa shape index (κ1) is 10.5. The maximum absolute atomic E-state index is 11.3. The van der Waals surface area contributed by atoms with Crippen LogP contribution in [-0.4, -0.2) is 16.2 Å². The Morgan fingerprint density at radius 1 is 1.46 bits per heavy atom. The van der Waals surface area contributed by atoms with Crippen molar-refractivity contribution in [3.63, 3.8) is 0 Å². The lowest BCUT2D eigenvalue weighted by Crippen LogP contribution is -1.98. The maximum atomic E-state index is 11.3. The van der Waals surface area contributed by atoms with Crippen molar-refractivity contribution in [3.8, 4) is 5.75 Å². The zero-order chi connectivity index (χ0) is 9.84. The van der Waals surface area contributed by atoms with Crippen LogP contribution in [0.5, 0.6) is 5.75 Å². The molecule has 0 bridgehead atoms. The van der Waals surface area contributed by atoms with Gasteiger partial charge in [0, 0.05) is 22.3 Å². The molecule has 0 saturated carbocycles. The lowest BCUT2D eigenvalue weighted by atomic mass is 10.1. The van der Waals surface area contributed by atoms with Crippen LogP contribution in [0.25, 0.3) is 0 Å². The molecule has 0 atom stereocenters. The van der Waals surface area contributed by atoms with Gasteiger partial charge in [-0.05, 0) is 18.2 Å². The average Bonchev–Trinajstić information content (AvgIpc) is 2.03. The van der Waals surface area contributed by atoms with Crippen LogP contribution >= 0.6 is 27.5 Å². The lowest BCUT2D eigenvalue weighted by Gasteiger charge is -2.00. The number of hydrogen-bond donors (Lipinski definition) is 1. The molecular formula is C9H8BrClO2. The largest absolute Gasteiger partial charge is 0.508 e. The van der Waals surface area contributed by atoms with E-state index in [1.807, 2.05) is 0 Å². The number of rotatable bonds is 3. The number of phenols is 1. The molecule has 1 N–H and O–H groups in total. The van der Waals surface area contributed by atoms with Gasteiger partial charge in [-0.25, -0.2) is 0 Å². The Balaban J connectivity index is 2.94. The molecule has 4 heteroatoms. The summed E-state index contributed by atoms with van der Waals surface area (Å²) in [6.07, 6.45) is 0.403. The number of aromatic hydroxyl groups is 1. The number of alkyl halides is 1. The Hall–Kier alpha value is -0.540. The fourth-order valence-electron chi connectivity index (χ4n) is 0.965. The molecule has 70 valence electrons. The van der Waals surface area contributed by atoms with Crippen molar-refractivity contribution >= 4 is 33.3 Å². The summed E-state index contributed by atoms with van der Waals surface area (Å²) < 4.78 is 0. The highest BCUT2D eigenvalue weighted by molar-refractivity contribution is 9.09. The van der Waals surface area contributed by atoms with Gasteiger partial charge in [0.05, 0.1) is 0 Å². The van der Waals surface area contributed by atoms with E-state index < -0.39 is 0 Å². The first-order chi connectivity index (χ1) is 6.13. The number of phenolic OH excluding ortho intramolecular Hbond substituents is 1. The zero-order valence-corrected chi connectivity index (χ0v) is 9.10. The Kier molecular flexibility index (Phi) is 3.75. The van der Waals surface area contributed by atoms with E-state index in [1.165, 1.54) is 12.1 Å². The number of ketones is 1. The number of hydrogen-bond acceptors (Lipinski definition) is 2. The maximum Gasteiger partial charge on any atom is 0.163 e. The third-order valence-electron chi connectivity index (χ3n) is 1.53. The molecule has 0 aromatic heterocycles. The zero-order valence-electron chi connectivity index (χ0n) is 6.76. The summed E-state index contributed by atoms with van der Waals surface area (Å²) in [6, 6.07) is 4.36. The minimum absolute atomic E-state index is 0.0189. The van der Waals surface area contributed by atoms with E-state index >= 15 is 0 Å². The van der Waals surface area contributed by atoms with Gasteiger partial charge in [0.15, 0.2) is 5.78 Å². The molecule has 0 saturated heterocycles. The van der Waals surface area contributed by atoms with Gasteiger partial charge < -0.3 is 5.11 Å². The number of carbonyl (C=O) groups excluding carboxylic acids is 1. The molecule has 2 nitrogen and oxygen atoms in total. The molecule has 0 amide bonds. The molecule has 0 unspecified atom stereocenters. The van der Waals surface area contributed by atoms with Gasteiger partial charge in [0.1, 0.15) is 5.75 Å². The molecule has 0 fully saturated rings. The minimum Gasteiger partial charge on any atom is -0.508 e. The van der Waals surface area contributed by atoms with E-state index in [2.05, 4.69) is 15.9 Å².